The van der Waals surface area contributed by atoms with Crippen LogP contribution in [0.5, 0.6) is 5.75 Å². The van der Waals surface area contributed by atoms with Gasteiger partial charge in [0.05, 0.1) is 25.8 Å². The largest absolute Gasteiger partial charge is 0.497 e. The molecule has 0 spiro atoms. The molecule has 1 amide bonds. The number of aliphatic hydroxyl groups excluding tert-OH is 1. The summed E-state index contributed by atoms with van der Waals surface area (Å²) in [6.45, 7) is 0.432. The molecule has 7 nitrogen and oxygen atoms in total. The third-order valence-corrected chi connectivity index (χ3v) is 4.32. The van der Waals surface area contributed by atoms with Crippen LogP contribution >= 0.6 is 0 Å². The number of hydrogen-bond donors (Lipinski definition) is 2. The fourth-order valence-corrected chi connectivity index (χ4v) is 2.97. The summed E-state index contributed by atoms with van der Waals surface area (Å²) >= 11 is 0. The van der Waals surface area contributed by atoms with E-state index in [4.69, 9.17) is 9.84 Å². The molecule has 1 aliphatic heterocycles. The number of β-amino-alcohol motifs (C(OH)–C–C–N with tert-alkyl or cyclic N) is 1. The Hall–Kier alpha value is -2.12. The Morgan fingerprint density at radius 3 is 2.79 bits per heavy atom. The number of likely N-dealkylation sites (tertiary alicyclic amines) is 1. The van der Waals surface area contributed by atoms with Gasteiger partial charge >= 0.3 is 5.97 Å². The lowest BCUT2D eigenvalue weighted by Gasteiger charge is -2.24. The number of rotatable bonds is 7. The van der Waals surface area contributed by atoms with Crippen LogP contribution < -0.4 is 4.74 Å². The van der Waals surface area contributed by atoms with Crippen LogP contribution in [-0.4, -0.2) is 77.8 Å². The molecule has 132 valence electrons. The number of carboxylic acids is 1. The first-order valence-corrected chi connectivity index (χ1v) is 7.91. The summed E-state index contributed by atoms with van der Waals surface area (Å²) in [7, 11) is 3.25. The quantitative estimate of drug-likeness (QED) is 0.740. The zero-order valence-electron chi connectivity index (χ0n) is 14.0. The number of aliphatic hydroxyl groups is 1. The highest BCUT2D eigenvalue weighted by Crippen LogP contribution is 2.18. The standard InChI is InChI=1S/C17H24N2O5/c1-18(11-17(22)23)14-9-19(10-15(14)20)16(21)7-6-12-4-3-5-13(8-12)24-2/h3-5,8,14-15,20H,6-7,9-11H2,1-2H3,(H,22,23)/t14?,15-/m1/s1. The normalized spacial score (nSPS) is 20.4. The van der Waals surface area contributed by atoms with Gasteiger partial charge in [0, 0.05) is 19.5 Å². The number of benzene rings is 1. The van der Waals surface area contributed by atoms with Crippen molar-refractivity contribution in [2.75, 3.05) is 33.8 Å². The fourth-order valence-electron chi connectivity index (χ4n) is 2.97. The van der Waals surface area contributed by atoms with E-state index in [2.05, 4.69) is 0 Å². The molecule has 0 aromatic heterocycles. The number of hydrogen-bond acceptors (Lipinski definition) is 5. The lowest BCUT2D eigenvalue weighted by molar-refractivity contribution is -0.138. The molecule has 2 N–H and O–H groups in total. The molecule has 1 unspecified atom stereocenters. The van der Waals surface area contributed by atoms with E-state index in [-0.39, 0.29) is 25.0 Å². The number of aliphatic carboxylic acids is 1. The van der Waals surface area contributed by atoms with Gasteiger partial charge in [-0.3, -0.25) is 14.5 Å². The highest BCUT2D eigenvalue weighted by molar-refractivity contribution is 5.77. The second-order valence-electron chi connectivity index (χ2n) is 6.09. The first kappa shape index (κ1) is 18.2. The number of aryl methyl sites for hydroxylation is 1. The van der Waals surface area contributed by atoms with E-state index in [1.165, 1.54) is 0 Å². The number of likely N-dealkylation sites (N-methyl/N-ethyl adjacent to an activating group) is 1. The molecule has 0 saturated carbocycles. The minimum atomic E-state index is -0.951. The van der Waals surface area contributed by atoms with E-state index < -0.39 is 12.1 Å². The van der Waals surface area contributed by atoms with Crippen LogP contribution in [0.3, 0.4) is 0 Å². The molecule has 7 heteroatoms. The van der Waals surface area contributed by atoms with Crippen molar-refractivity contribution in [3.63, 3.8) is 0 Å². The van der Waals surface area contributed by atoms with E-state index in [0.29, 0.717) is 19.4 Å². The SMILES string of the molecule is COc1cccc(CCC(=O)N2CC(N(C)CC(=O)O)[C@H](O)C2)c1. The maximum Gasteiger partial charge on any atom is 0.317 e. The van der Waals surface area contributed by atoms with Gasteiger partial charge in [-0.05, 0) is 31.2 Å². The topological polar surface area (TPSA) is 90.3 Å². The van der Waals surface area contributed by atoms with Crippen molar-refractivity contribution in [1.82, 2.24) is 9.80 Å². The maximum absolute atomic E-state index is 12.4. The van der Waals surface area contributed by atoms with Crippen molar-refractivity contribution in [3.05, 3.63) is 29.8 Å². The summed E-state index contributed by atoms with van der Waals surface area (Å²) in [5.74, 6) is -0.234. The van der Waals surface area contributed by atoms with Gasteiger partial charge in [-0.25, -0.2) is 0 Å². The minimum absolute atomic E-state index is 0.0388. The molecule has 0 aliphatic carbocycles. The molecular weight excluding hydrogens is 312 g/mol. The summed E-state index contributed by atoms with van der Waals surface area (Å²) in [5, 5.41) is 18.9. The number of carbonyl (C=O) groups excluding carboxylic acids is 1. The van der Waals surface area contributed by atoms with Gasteiger partial charge in [-0.1, -0.05) is 12.1 Å². The van der Waals surface area contributed by atoms with Crippen LogP contribution in [0.4, 0.5) is 0 Å². The van der Waals surface area contributed by atoms with Gasteiger partial charge < -0.3 is 19.8 Å². The average molecular weight is 336 g/mol. The van der Waals surface area contributed by atoms with E-state index in [9.17, 15) is 14.7 Å². The molecular formula is C17H24N2O5. The third kappa shape index (κ3) is 4.69. The first-order valence-electron chi connectivity index (χ1n) is 7.91. The Kier molecular flexibility index (Phi) is 6.16. The van der Waals surface area contributed by atoms with Gasteiger partial charge in [-0.2, -0.15) is 0 Å². The predicted molar refractivity (Wildman–Crippen MR) is 88.0 cm³/mol. The van der Waals surface area contributed by atoms with Gasteiger partial charge in [0.25, 0.3) is 0 Å². The summed E-state index contributed by atoms with van der Waals surface area (Å²) in [6, 6.07) is 7.23. The number of nitrogens with zero attached hydrogens (tertiary/aromatic N) is 2. The molecule has 24 heavy (non-hydrogen) atoms. The monoisotopic (exact) mass is 336 g/mol. The van der Waals surface area contributed by atoms with Crippen molar-refractivity contribution in [1.29, 1.82) is 0 Å². The maximum atomic E-state index is 12.4. The Morgan fingerprint density at radius 2 is 2.12 bits per heavy atom. The fraction of sp³-hybridized carbons (Fsp3) is 0.529. The highest BCUT2D eigenvalue weighted by Gasteiger charge is 2.36. The van der Waals surface area contributed by atoms with Crippen molar-refractivity contribution in [3.8, 4) is 5.75 Å². The van der Waals surface area contributed by atoms with E-state index in [1.807, 2.05) is 24.3 Å². The highest BCUT2D eigenvalue weighted by atomic mass is 16.5. The molecule has 0 bridgehead atoms. The Morgan fingerprint density at radius 1 is 1.38 bits per heavy atom. The van der Waals surface area contributed by atoms with E-state index in [1.54, 1.807) is 24.0 Å². The van der Waals surface area contributed by atoms with Crippen LogP contribution in [0.15, 0.2) is 24.3 Å². The Bertz CT molecular complexity index is 592. The van der Waals surface area contributed by atoms with Gasteiger partial charge in [0.2, 0.25) is 5.91 Å². The van der Waals surface area contributed by atoms with Crippen LogP contribution in [0.2, 0.25) is 0 Å². The van der Waals surface area contributed by atoms with Crippen LogP contribution in [0.25, 0.3) is 0 Å². The van der Waals surface area contributed by atoms with Crippen molar-refractivity contribution >= 4 is 11.9 Å². The van der Waals surface area contributed by atoms with E-state index >= 15 is 0 Å². The number of carbonyl (C=O) groups is 2. The molecule has 2 atom stereocenters. The van der Waals surface area contributed by atoms with Crippen LogP contribution in [0, 0.1) is 0 Å². The molecule has 1 saturated heterocycles. The smallest absolute Gasteiger partial charge is 0.317 e. The average Bonchev–Trinajstić information content (AvgIpc) is 2.94. The number of methoxy groups -OCH3 is 1. The van der Waals surface area contributed by atoms with Crippen molar-refractivity contribution in [2.24, 2.45) is 0 Å². The Balaban J connectivity index is 1.87. The number of carboxylic acid groups (broad SMARTS) is 1. The molecule has 0 radical (unpaired) electrons. The second kappa shape index (κ2) is 8.12. The summed E-state index contributed by atoms with van der Waals surface area (Å²) in [5.41, 5.74) is 1.02. The van der Waals surface area contributed by atoms with Crippen molar-refractivity contribution in [2.45, 2.75) is 25.0 Å². The van der Waals surface area contributed by atoms with Crippen LogP contribution in [-0.2, 0) is 16.0 Å². The van der Waals surface area contributed by atoms with E-state index in [0.717, 1.165) is 11.3 Å². The summed E-state index contributed by atoms with van der Waals surface area (Å²) in [4.78, 5) is 26.3. The minimum Gasteiger partial charge on any atom is -0.497 e. The molecule has 1 aromatic rings. The van der Waals surface area contributed by atoms with Gasteiger partial charge in [-0.15, -0.1) is 0 Å². The molecule has 1 aliphatic rings. The zero-order valence-corrected chi connectivity index (χ0v) is 14.0. The van der Waals surface area contributed by atoms with Gasteiger partial charge in [0.15, 0.2) is 0 Å². The summed E-state index contributed by atoms with van der Waals surface area (Å²) < 4.78 is 5.17. The molecule has 2 rings (SSSR count). The predicted octanol–water partition coefficient (Wildman–Crippen LogP) is 0.216. The van der Waals surface area contributed by atoms with Crippen LogP contribution in [0.1, 0.15) is 12.0 Å². The molecule has 1 aromatic carbocycles. The zero-order chi connectivity index (χ0) is 17.7. The molecule has 1 fully saturated rings. The lowest BCUT2D eigenvalue weighted by Crippen LogP contribution is -2.43. The van der Waals surface area contributed by atoms with Gasteiger partial charge in [0.1, 0.15) is 5.75 Å². The third-order valence-electron chi connectivity index (χ3n) is 4.32. The Labute approximate surface area is 141 Å². The number of ether oxygens (including phenoxy) is 1. The molecule has 1 heterocycles. The summed E-state index contributed by atoms with van der Waals surface area (Å²) in [6.07, 6.45) is 0.211. The number of amides is 1. The van der Waals surface area contributed by atoms with Crippen molar-refractivity contribution < 1.29 is 24.5 Å². The second-order valence-corrected chi connectivity index (χ2v) is 6.09. The lowest BCUT2D eigenvalue weighted by atomic mass is 10.1. The first-order chi connectivity index (χ1) is 11.4.